The number of aromatic hydroxyl groups is 1. The van der Waals surface area contributed by atoms with Gasteiger partial charge >= 0.3 is 0 Å². The Morgan fingerprint density at radius 2 is 1.60 bits per heavy atom. The highest BCUT2D eigenvalue weighted by molar-refractivity contribution is 5.81. The standard InChI is InChI=1S/C20H14N4O/c1-13-2-9-20(25)19(10-13)24-22-17-8-7-16(11-18(17)23-24)15-5-3-14(12-21)4-6-15/h2-11,25H,1H3. The molecule has 0 aliphatic carbocycles. The first kappa shape index (κ1) is 14.9. The number of benzene rings is 3. The van der Waals surface area contributed by atoms with Gasteiger partial charge in [-0.2, -0.15) is 5.26 Å². The summed E-state index contributed by atoms with van der Waals surface area (Å²) in [4.78, 5) is 1.45. The topological polar surface area (TPSA) is 74.7 Å². The Morgan fingerprint density at radius 3 is 2.36 bits per heavy atom. The molecule has 120 valence electrons. The predicted octanol–water partition coefficient (Wildman–Crippen LogP) is 3.97. The molecule has 0 atom stereocenters. The smallest absolute Gasteiger partial charge is 0.143 e. The van der Waals surface area contributed by atoms with Gasteiger partial charge in [0.1, 0.15) is 22.5 Å². The molecule has 5 heteroatoms. The summed E-state index contributed by atoms with van der Waals surface area (Å²) < 4.78 is 0. The maximum absolute atomic E-state index is 10.1. The average molecular weight is 326 g/mol. The van der Waals surface area contributed by atoms with Crippen LogP contribution >= 0.6 is 0 Å². The number of nitrogens with zero attached hydrogens (tertiary/aromatic N) is 4. The van der Waals surface area contributed by atoms with Gasteiger partial charge in [-0.1, -0.05) is 24.3 Å². The molecule has 4 aromatic rings. The number of aromatic nitrogens is 3. The summed E-state index contributed by atoms with van der Waals surface area (Å²) in [5.74, 6) is 0.137. The molecule has 0 spiro atoms. The number of aryl methyl sites for hydroxylation is 1. The van der Waals surface area contributed by atoms with Crippen molar-refractivity contribution in [3.05, 3.63) is 71.8 Å². The molecule has 5 nitrogen and oxygen atoms in total. The second-order valence-corrected chi connectivity index (χ2v) is 5.87. The van der Waals surface area contributed by atoms with Gasteiger partial charge in [0.05, 0.1) is 11.6 Å². The van der Waals surface area contributed by atoms with E-state index in [1.54, 1.807) is 18.2 Å². The number of hydrogen-bond donors (Lipinski definition) is 1. The summed E-state index contributed by atoms with van der Waals surface area (Å²) >= 11 is 0. The molecule has 4 rings (SSSR count). The second-order valence-electron chi connectivity index (χ2n) is 5.87. The van der Waals surface area contributed by atoms with Crippen LogP contribution in [0.4, 0.5) is 0 Å². The van der Waals surface area contributed by atoms with Crippen LogP contribution in [-0.2, 0) is 0 Å². The van der Waals surface area contributed by atoms with Gasteiger partial charge in [-0.05, 0) is 60.0 Å². The molecule has 0 radical (unpaired) electrons. The zero-order chi connectivity index (χ0) is 17.4. The van der Waals surface area contributed by atoms with Gasteiger partial charge in [0, 0.05) is 0 Å². The number of phenolic OH excluding ortho intramolecular Hbond substituents is 1. The fourth-order valence-electron chi connectivity index (χ4n) is 2.73. The molecule has 0 amide bonds. The molecule has 0 aliphatic heterocycles. The second kappa shape index (κ2) is 5.77. The Morgan fingerprint density at radius 1 is 0.880 bits per heavy atom. The van der Waals surface area contributed by atoms with Crippen LogP contribution in [0.3, 0.4) is 0 Å². The molecule has 1 heterocycles. The van der Waals surface area contributed by atoms with E-state index >= 15 is 0 Å². The van der Waals surface area contributed by atoms with E-state index in [9.17, 15) is 5.11 Å². The Bertz CT molecular complexity index is 1120. The van der Waals surface area contributed by atoms with Crippen LogP contribution in [0.1, 0.15) is 11.1 Å². The lowest BCUT2D eigenvalue weighted by Gasteiger charge is -2.03. The van der Waals surface area contributed by atoms with E-state index in [4.69, 9.17) is 5.26 Å². The Hall–Kier alpha value is -3.65. The van der Waals surface area contributed by atoms with Crippen LogP contribution < -0.4 is 0 Å². The third-order valence-corrected chi connectivity index (χ3v) is 4.07. The van der Waals surface area contributed by atoms with Crippen molar-refractivity contribution in [3.8, 4) is 28.6 Å². The summed E-state index contributed by atoms with van der Waals surface area (Å²) in [6, 6.07) is 20.7. The normalized spacial score (nSPS) is 10.7. The first-order chi connectivity index (χ1) is 12.1. The molecule has 0 fully saturated rings. The molecular weight excluding hydrogens is 312 g/mol. The molecule has 0 bridgehead atoms. The monoisotopic (exact) mass is 326 g/mol. The third-order valence-electron chi connectivity index (χ3n) is 4.07. The lowest BCUT2D eigenvalue weighted by atomic mass is 10.0. The van der Waals surface area contributed by atoms with Crippen molar-refractivity contribution in [2.45, 2.75) is 6.92 Å². The van der Waals surface area contributed by atoms with Gasteiger partial charge < -0.3 is 5.11 Å². The van der Waals surface area contributed by atoms with E-state index in [2.05, 4.69) is 16.3 Å². The average Bonchev–Trinajstić information content (AvgIpc) is 3.06. The summed E-state index contributed by atoms with van der Waals surface area (Å²) in [5, 5.41) is 27.9. The number of fused-ring (bicyclic) bond motifs is 1. The maximum atomic E-state index is 10.1. The van der Waals surface area contributed by atoms with Crippen molar-refractivity contribution in [1.29, 1.82) is 5.26 Å². The van der Waals surface area contributed by atoms with Gasteiger partial charge in [-0.25, -0.2) is 0 Å². The Labute approximate surface area is 144 Å². The summed E-state index contributed by atoms with van der Waals surface area (Å²) in [7, 11) is 0. The number of nitriles is 1. The van der Waals surface area contributed by atoms with E-state index in [0.717, 1.165) is 27.7 Å². The van der Waals surface area contributed by atoms with Crippen molar-refractivity contribution < 1.29 is 5.11 Å². The van der Waals surface area contributed by atoms with Crippen molar-refractivity contribution in [2.75, 3.05) is 0 Å². The van der Waals surface area contributed by atoms with Gasteiger partial charge in [0.2, 0.25) is 0 Å². The van der Waals surface area contributed by atoms with Crippen molar-refractivity contribution in [3.63, 3.8) is 0 Å². The minimum Gasteiger partial charge on any atom is -0.506 e. The highest BCUT2D eigenvalue weighted by Gasteiger charge is 2.10. The van der Waals surface area contributed by atoms with Crippen molar-refractivity contribution >= 4 is 11.0 Å². The zero-order valence-corrected chi connectivity index (χ0v) is 13.5. The molecule has 25 heavy (non-hydrogen) atoms. The van der Waals surface area contributed by atoms with E-state index in [1.165, 1.54) is 4.80 Å². The highest BCUT2D eigenvalue weighted by atomic mass is 16.3. The van der Waals surface area contributed by atoms with Crippen LogP contribution in [0.5, 0.6) is 5.75 Å². The molecule has 1 N–H and O–H groups in total. The molecule has 0 saturated heterocycles. The lowest BCUT2D eigenvalue weighted by molar-refractivity contribution is 0.467. The summed E-state index contributed by atoms with van der Waals surface area (Å²) in [6.45, 7) is 1.95. The van der Waals surface area contributed by atoms with E-state index in [-0.39, 0.29) is 5.75 Å². The van der Waals surface area contributed by atoms with Crippen LogP contribution in [0.15, 0.2) is 60.7 Å². The molecule has 1 aromatic heterocycles. The number of hydrogen-bond acceptors (Lipinski definition) is 4. The minimum atomic E-state index is 0.137. The minimum absolute atomic E-state index is 0.137. The first-order valence-corrected chi connectivity index (χ1v) is 7.82. The molecule has 0 aliphatic rings. The predicted molar refractivity (Wildman–Crippen MR) is 95.4 cm³/mol. The fourth-order valence-corrected chi connectivity index (χ4v) is 2.73. The van der Waals surface area contributed by atoms with Gasteiger partial charge in [0.15, 0.2) is 0 Å². The maximum Gasteiger partial charge on any atom is 0.143 e. The fraction of sp³-hybridized carbons (Fsp3) is 0.0500. The van der Waals surface area contributed by atoms with E-state index in [1.807, 2.05) is 49.4 Å². The van der Waals surface area contributed by atoms with Crippen molar-refractivity contribution in [1.82, 2.24) is 15.0 Å². The van der Waals surface area contributed by atoms with Crippen LogP contribution in [-0.4, -0.2) is 20.1 Å². The lowest BCUT2D eigenvalue weighted by Crippen LogP contribution is -1.99. The third kappa shape index (κ3) is 2.70. The SMILES string of the molecule is Cc1ccc(O)c(-n2nc3ccc(-c4ccc(C#N)cc4)cc3n2)c1. The van der Waals surface area contributed by atoms with Crippen LogP contribution in [0.2, 0.25) is 0 Å². The largest absolute Gasteiger partial charge is 0.506 e. The van der Waals surface area contributed by atoms with Gasteiger partial charge in [-0.3, -0.25) is 0 Å². The molecule has 0 unspecified atom stereocenters. The van der Waals surface area contributed by atoms with Crippen LogP contribution in [0, 0.1) is 18.3 Å². The van der Waals surface area contributed by atoms with E-state index in [0.29, 0.717) is 11.3 Å². The van der Waals surface area contributed by atoms with Crippen molar-refractivity contribution in [2.24, 2.45) is 0 Å². The van der Waals surface area contributed by atoms with Crippen LogP contribution in [0.25, 0.3) is 27.8 Å². The van der Waals surface area contributed by atoms with E-state index < -0.39 is 0 Å². The number of phenols is 1. The number of rotatable bonds is 2. The van der Waals surface area contributed by atoms with Gasteiger partial charge in [0.25, 0.3) is 0 Å². The molecular formula is C20H14N4O. The molecule has 0 saturated carbocycles. The Kier molecular flexibility index (Phi) is 3.44. The first-order valence-electron chi connectivity index (χ1n) is 7.82. The summed E-state index contributed by atoms with van der Waals surface area (Å²) in [6.07, 6.45) is 0. The highest BCUT2D eigenvalue weighted by Crippen LogP contribution is 2.26. The Balaban J connectivity index is 1.79. The molecule has 3 aromatic carbocycles. The van der Waals surface area contributed by atoms with Gasteiger partial charge in [-0.15, -0.1) is 15.0 Å². The quantitative estimate of drug-likeness (QED) is 0.605. The zero-order valence-electron chi connectivity index (χ0n) is 13.5. The summed E-state index contributed by atoms with van der Waals surface area (Å²) in [5.41, 5.74) is 5.70.